The highest BCUT2D eigenvalue weighted by molar-refractivity contribution is 5.76. The topological polar surface area (TPSA) is 73.6 Å². The number of benzene rings is 1. The van der Waals surface area contributed by atoms with Crippen LogP contribution in [0, 0.1) is 0 Å². The molecular weight excluding hydrogens is 256 g/mol. The Morgan fingerprint density at radius 1 is 1.30 bits per heavy atom. The van der Waals surface area contributed by atoms with Gasteiger partial charge in [0.1, 0.15) is 13.2 Å². The molecule has 2 rings (SSSR count). The predicted octanol–water partition coefficient (Wildman–Crippen LogP) is 1.76. The van der Waals surface area contributed by atoms with Crippen LogP contribution in [0.25, 0.3) is 0 Å². The molecule has 0 radical (unpaired) electrons. The summed E-state index contributed by atoms with van der Waals surface area (Å²) in [7, 11) is 0. The number of nitrogens with two attached hydrogens (primary N) is 1. The Balaban J connectivity index is 1.95. The first-order valence-electron chi connectivity index (χ1n) is 7.00. The molecular formula is C15H22N2O3. The molecule has 0 saturated carbocycles. The normalized spacial score (nSPS) is 16.4. The molecule has 1 aliphatic rings. The minimum atomic E-state index is -0.0635. The van der Waals surface area contributed by atoms with E-state index in [9.17, 15) is 4.79 Å². The van der Waals surface area contributed by atoms with Crippen molar-refractivity contribution in [3.05, 3.63) is 23.8 Å². The molecule has 0 bridgehead atoms. The highest BCUT2D eigenvalue weighted by Gasteiger charge is 2.15. The van der Waals surface area contributed by atoms with E-state index in [0.717, 1.165) is 17.1 Å². The van der Waals surface area contributed by atoms with Gasteiger partial charge in [-0.25, -0.2) is 0 Å². The van der Waals surface area contributed by atoms with Crippen molar-refractivity contribution >= 4 is 5.91 Å². The van der Waals surface area contributed by atoms with Crippen molar-refractivity contribution in [3.8, 4) is 11.5 Å². The second-order valence-corrected chi connectivity index (χ2v) is 5.21. The summed E-state index contributed by atoms with van der Waals surface area (Å²) in [5.41, 5.74) is 6.65. The monoisotopic (exact) mass is 278 g/mol. The van der Waals surface area contributed by atoms with E-state index < -0.39 is 0 Å². The van der Waals surface area contributed by atoms with Crippen LogP contribution < -0.4 is 20.5 Å². The van der Waals surface area contributed by atoms with Crippen molar-refractivity contribution in [3.63, 3.8) is 0 Å². The van der Waals surface area contributed by atoms with Gasteiger partial charge in [0.2, 0.25) is 5.91 Å². The number of ether oxygens (including phenoxy) is 2. The van der Waals surface area contributed by atoms with Crippen molar-refractivity contribution in [1.82, 2.24) is 5.32 Å². The van der Waals surface area contributed by atoms with Gasteiger partial charge in [0.25, 0.3) is 0 Å². The third kappa shape index (κ3) is 3.87. The third-order valence-electron chi connectivity index (χ3n) is 3.27. The molecule has 0 aliphatic carbocycles. The van der Waals surface area contributed by atoms with Crippen molar-refractivity contribution < 1.29 is 14.3 Å². The van der Waals surface area contributed by atoms with Gasteiger partial charge in [-0.2, -0.15) is 0 Å². The largest absolute Gasteiger partial charge is 0.486 e. The number of carbonyl (C=O) groups is 1. The van der Waals surface area contributed by atoms with Crippen LogP contribution in [-0.2, 0) is 4.79 Å². The van der Waals surface area contributed by atoms with E-state index in [2.05, 4.69) is 5.32 Å². The van der Waals surface area contributed by atoms with Gasteiger partial charge in [0, 0.05) is 12.5 Å². The van der Waals surface area contributed by atoms with E-state index in [0.29, 0.717) is 26.1 Å². The lowest BCUT2D eigenvalue weighted by molar-refractivity contribution is -0.121. The van der Waals surface area contributed by atoms with Crippen LogP contribution in [0.3, 0.4) is 0 Å². The summed E-state index contributed by atoms with van der Waals surface area (Å²) in [6.45, 7) is 4.99. The quantitative estimate of drug-likeness (QED) is 0.860. The maximum absolute atomic E-state index is 11.8. The molecule has 0 aromatic heterocycles. The number of nitrogens with one attached hydrogen (secondary N) is 1. The van der Waals surface area contributed by atoms with Gasteiger partial charge in [-0.15, -0.1) is 0 Å². The highest BCUT2D eigenvalue weighted by atomic mass is 16.6. The van der Waals surface area contributed by atoms with E-state index in [1.54, 1.807) is 0 Å². The molecule has 110 valence electrons. The second kappa shape index (κ2) is 6.61. The van der Waals surface area contributed by atoms with E-state index in [1.807, 2.05) is 32.0 Å². The minimum absolute atomic E-state index is 0.0182. The third-order valence-corrected chi connectivity index (χ3v) is 3.27. The van der Waals surface area contributed by atoms with Gasteiger partial charge in [-0.3, -0.25) is 4.79 Å². The summed E-state index contributed by atoms with van der Waals surface area (Å²) in [6.07, 6.45) is 1.15. The number of hydrogen-bond acceptors (Lipinski definition) is 4. The van der Waals surface area contributed by atoms with Crippen LogP contribution in [-0.4, -0.2) is 25.2 Å². The fourth-order valence-corrected chi connectivity index (χ4v) is 2.09. The first-order chi connectivity index (χ1) is 9.56. The molecule has 3 N–H and O–H groups in total. The smallest absolute Gasteiger partial charge is 0.220 e. The van der Waals surface area contributed by atoms with Crippen molar-refractivity contribution in [1.29, 1.82) is 0 Å². The van der Waals surface area contributed by atoms with Crippen molar-refractivity contribution in [2.45, 2.75) is 38.8 Å². The maximum Gasteiger partial charge on any atom is 0.220 e. The zero-order chi connectivity index (χ0) is 14.5. The van der Waals surface area contributed by atoms with E-state index >= 15 is 0 Å². The molecule has 0 spiro atoms. The molecule has 2 unspecified atom stereocenters. The Morgan fingerprint density at radius 2 is 2.00 bits per heavy atom. The zero-order valence-corrected chi connectivity index (χ0v) is 12.0. The van der Waals surface area contributed by atoms with Crippen LogP contribution in [0.1, 0.15) is 38.3 Å². The number of hydrogen-bond donors (Lipinski definition) is 2. The molecule has 0 fully saturated rings. The molecule has 1 aliphatic heterocycles. The van der Waals surface area contributed by atoms with E-state index in [4.69, 9.17) is 15.2 Å². The number of carbonyl (C=O) groups excluding carboxylic acids is 1. The van der Waals surface area contributed by atoms with Crippen LogP contribution >= 0.6 is 0 Å². The van der Waals surface area contributed by atoms with Gasteiger partial charge in [0.15, 0.2) is 11.5 Å². The average molecular weight is 278 g/mol. The summed E-state index contributed by atoms with van der Waals surface area (Å²) < 4.78 is 11.0. The van der Waals surface area contributed by atoms with E-state index in [1.165, 1.54) is 0 Å². The van der Waals surface area contributed by atoms with Gasteiger partial charge < -0.3 is 20.5 Å². The summed E-state index contributed by atoms with van der Waals surface area (Å²) >= 11 is 0. The fourth-order valence-electron chi connectivity index (χ4n) is 2.09. The predicted molar refractivity (Wildman–Crippen MR) is 76.9 cm³/mol. The van der Waals surface area contributed by atoms with E-state index in [-0.39, 0.29) is 18.0 Å². The summed E-state index contributed by atoms with van der Waals surface area (Å²) in [5.74, 6) is 1.52. The fraction of sp³-hybridized carbons (Fsp3) is 0.533. The molecule has 1 aromatic carbocycles. The summed E-state index contributed by atoms with van der Waals surface area (Å²) in [4.78, 5) is 11.8. The molecule has 5 heteroatoms. The average Bonchev–Trinajstić information content (AvgIpc) is 2.44. The van der Waals surface area contributed by atoms with Crippen LogP contribution in [0.2, 0.25) is 0 Å². The lowest BCUT2D eigenvalue weighted by Crippen LogP contribution is -2.28. The first-order valence-corrected chi connectivity index (χ1v) is 7.00. The molecule has 5 nitrogen and oxygen atoms in total. The Morgan fingerprint density at radius 3 is 2.70 bits per heavy atom. The Hall–Kier alpha value is -1.75. The van der Waals surface area contributed by atoms with Gasteiger partial charge >= 0.3 is 0 Å². The lowest BCUT2D eigenvalue weighted by atomic mass is 10.1. The van der Waals surface area contributed by atoms with Crippen LogP contribution in [0.4, 0.5) is 0 Å². The number of amides is 1. The molecule has 1 amide bonds. The standard InChI is InChI=1S/C15H22N2O3/c1-10(16)3-6-15(18)17-11(2)12-4-5-13-14(9-12)20-8-7-19-13/h4-5,9-11H,3,6-8,16H2,1-2H3,(H,17,18). The lowest BCUT2D eigenvalue weighted by Gasteiger charge is -2.21. The highest BCUT2D eigenvalue weighted by Crippen LogP contribution is 2.32. The molecule has 2 atom stereocenters. The molecule has 1 aromatic rings. The molecule has 20 heavy (non-hydrogen) atoms. The van der Waals surface area contributed by atoms with Crippen molar-refractivity contribution in [2.75, 3.05) is 13.2 Å². The Bertz CT molecular complexity index is 474. The Kier molecular flexibility index (Phi) is 4.84. The van der Waals surface area contributed by atoms with Gasteiger partial charge in [-0.05, 0) is 38.0 Å². The van der Waals surface area contributed by atoms with Crippen LogP contribution in [0.15, 0.2) is 18.2 Å². The van der Waals surface area contributed by atoms with Gasteiger partial charge in [-0.1, -0.05) is 6.07 Å². The first kappa shape index (κ1) is 14.7. The SMILES string of the molecule is CC(N)CCC(=O)NC(C)c1ccc2c(c1)OCCO2. The minimum Gasteiger partial charge on any atom is -0.486 e. The number of rotatable bonds is 5. The van der Waals surface area contributed by atoms with Crippen LogP contribution in [0.5, 0.6) is 11.5 Å². The second-order valence-electron chi connectivity index (χ2n) is 5.21. The summed E-state index contributed by atoms with van der Waals surface area (Å²) in [5, 5.41) is 2.97. The molecule has 1 heterocycles. The van der Waals surface area contributed by atoms with Crippen molar-refractivity contribution in [2.24, 2.45) is 5.73 Å². The number of fused-ring (bicyclic) bond motifs is 1. The summed E-state index contributed by atoms with van der Waals surface area (Å²) in [6, 6.07) is 5.74. The maximum atomic E-state index is 11.8. The zero-order valence-electron chi connectivity index (χ0n) is 12.0. The Labute approximate surface area is 119 Å². The molecule has 0 saturated heterocycles. The van der Waals surface area contributed by atoms with Gasteiger partial charge in [0.05, 0.1) is 6.04 Å².